The summed E-state index contributed by atoms with van der Waals surface area (Å²) in [6, 6.07) is 12.4. The molecule has 2 aromatic heterocycles. The van der Waals surface area contributed by atoms with E-state index in [2.05, 4.69) is 20.3 Å². The van der Waals surface area contributed by atoms with Gasteiger partial charge in [0, 0.05) is 26.2 Å². The second-order valence-electron chi connectivity index (χ2n) is 7.42. The van der Waals surface area contributed by atoms with E-state index in [0.717, 1.165) is 17.5 Å². The van der Waals surface area contributed by atoms with Crippen LogP contribution in [0.15, 0.2) is 59.8 Å². The molecule has 3 heterocycles. The van der Waals surface area contributed by atoms with Crippen molar-refractivity contribution in [2.24, 2.45) is 0 Å². The predicted octanol–water partition coefficient (Wildman–Crippen LogP) is 1.87. The number of anilines is 1. The van der Waals surface area contributed by atoms with Gasteiger partial charge in [0.05, 0.1) is 17.7 Å². The van der Waals surface area contributed by atoms with Crippen molar-refractivity contribution in [2.45, 2.75) is 4.90 Å². The zero-order chi connectivity index (χ0) is 23.0. The van der Waals surface area contributed by atoms with Crippen LogP contribution >= 0.6 is 0 Å². The third-order valence-electron chi connectivity index (χ3n) is 5.51. The van der Waals surface area contributed by atoms with E-state index in [9.17, 15) is 12.8 Å². The first-order chi connectivity index (χ1) is 16.0. The summed E-state index contributed by atoms with van der Waals surface area (Å²) >= 11 is 0. The Hall–Kier alpha value is -3.64. The molecule has 10 nitrogen and oxygen atoms in total. The lowest BCUT2D eigenvalue weighted by atomic mass is 10.3. The lowest BCUT2D eigenvalue weighted by Gasteiger charge is -2.34. The number of benzene rings is 2. The van der Waals surface area contributed by atoms with Crippen molar-refractivity contribution in [2.75, 3.05) is 38.2 Å². The SMILES string of the molecule is COc1ccc(-n2nnc3c(N4CCN(S(=O)(=O)c5cccc(F)c5)CC4)ncnc32)cc1. The summed E-state index contributed by atoms with van der Waals surface area (Å²) in [6.07, 6.45) is 1.44. The average Bonchev–Trinajstić information content (AvgIpc) is 3.28. The molecule has 0 saturated carbocycles. The summed E-state index contributed by atoms with van der Waals surface area (Å²) in [5.74, 6) is 0.727. The molecule has 5 rings (SSSR count). The van der Waals surface area contributed by atoms with Crippen LogP contribution in [-0.2, 0) is 10.0 Å². The average molecular weight is 470 g/mol. The summed E-state index contributed by atoms with van der Waals surface area (Å²) in [5, 5.41) is 8.51. The summed E-state index contributed by atoms with van der Waals surface area (Å²) in [6.45, 7) is 1.26. The highest BCUT2D eigenvalue weighted by atomic mass is 32.2. The summed E-state index contributed by atoms with van der Waals surface area (Å²) < 4.78 is 47.5. The van der Waals surface area contributed by atoms with E-state index in [0.29, 0.717) is 30.1 Å². The van der Waals surface area contributed by atoms with E-state index < -0.39 is 15.8 Å². The number of aromatic nitrogens is 5. The molecule has 0 unspecified atom stereocenters. The van der Waals surface area contributed by atoms with Crippen molar-refractivity contribution in [3.63, 3.8) is 0 Å². The Bertz CT molecular complexity index is 1400. The minimum Gasteiger partial charge on any atom is -0.497 e. The van der Waals surface area contributed by atoms with Gasteiger partial charge in [0.25, 0.3) is 0 Å². The maximum absolute atomic E-state index is 13.5. The zero-order valence-electron chi connectivity index (χ0n) is 17.7. The lowest BCUT2D eigenvalue weighted by molar-refractivity contribution is 0.384. The van der Waals surface area contributed by atoms with E-state index in [4.69, 9.17) is 4.74 Å². The number of halogens is 1. The van der Waals surface area contributed by atoms with Gasteiger partial charge in [0.15, 0.2) is 17.0 Å². The lowest BCUT2D eigenvalue weighted by Crippen LogP contribution is -2.49. The van der Waals surface area contributed by atoms with Crippen LogP contribution in [0.25, 0.3) is 16.9 Å². The number of methoxy groups -OCH3 is 1. The third-order valence-corrected chi connectivity index (χ3v) is 7.40. The highest BCUT2D eigenvalue weighted by Gasteiger charge is 2.30. The van der Waals surface area contributed by atoms with Crippen LogP contribution in [0.5, 0.6) is 5.75 Å². The van der Waals surface area contributed by atoms with Gasteiger partial charge in [-0.25, -0.2) is 22.8 Å². The summed E-state index contributed by atoms with van der Waals surface area (Å²) in [7, 11) is -2.18. The number of nitrogens with zero attached hydrogens (tertiary/aromatic N) is 7. The Labute approximate surface area is 189 Å². The van der Waals surface area contributed by atoms with Crippen LogP contribution in [-0.4, -0.2) is 71.0 Å². The second-order valence-corrected chi connectivity index (χ2v) is 9.36. The van der Waals surface area contributed by atoms with Gasteiger partial charge in [-0.1, -0.05) is 11.3 Å². The fourth-order valence-electron chi connectivity index (χ4n) is 3.78. The Morgan fingerprint density at radius 3 is 2.45 bits per heavy atom. The molecule has 0 aliphatic carbocycles. The van der Waals surface area contributed by atoms with Gasteiger partial charge >= 0.3 is 0 Å². The molecule has 33 heavy (non-hydrogen) atoms. The molecule has 0 N–H and O–H groups in total. The molecule has 170 valence electrons. The van der Waals surface area contributed by atoms with Crippen molar-refractivity contribution in [3.05, 3.63) is 60.7 Å². The number of ether oxygens (including phenoxy) is 1. The quantitative estimate of drug-likeness (QED) is 0.436. The second kappa shape index (κ2) is 8.37. The molecule has 4 aromatic rings. The Morgan fingerprint density at radius 2 is 1.76 bits per heavy atom. The number of rotatable bonds is 5. The highest BCUT2D eigenvalue weighted by molar-refractivity contribution is 7.89. The van der Waals surface area contributed by atoms with E-state index in [-0.39, 0.29) is 18.0 Å². The minimum absolute atomic E-state index is 0.0530. The van der Waals surface area contributed by atoms with E-state index in [1.807, 2.05) is 29.2 Å². The number of piperazine rings is 1. The standard InChI is InChI=1S/C21H20FN7O3S/c1-32-17-7-5-16(6-8-17)29-21-19(25-26-29)20(23-14-24-21)27-9-11-28(12-10-27)33(30,31)18-4-2-3-15(22)13-18/h2-8,13-14H,9-12H2,1H3. The van der Waals surface area contributed by atoms with Crippen molar-refractivity contribution in [3.8, 4) is 11.4 Å². The van der Waals surface area contributed by atoms with Crippen LogP contribution in [0.1, 0.15) is 0 Å². The van der Waals surface area contributed by atoms with E-state index in [1.54, 1.807) is 11.8 Å². The van der Waals surface area contributed by atoms with Crippen LogP contribution in [0, 0.1) is 5.82 Å². The summed E-state index contributed by atoms with van der Waals surface area (Å²) in [5.41, 5.74) is 1.84. The molecule has 1 aliphatic rings. The van der Waals surface area contributed by atoms with Crippen molar-refractivity contribution < 1.29 is 17.5 Å². The van der Waals surface area contributed by atoms with Crippen molar-refractivity contribution in [1.82, 2.24) is 29.3 Å². The molecule has 1 fully saturated rings. The molecular formula is C21H20FN7O3S. The molecule has 2 aromatic carbocycles. The minimum atomic E-state index is -3.78. The van der Waals surface area contributed by atoms with Gasteiger partial charge in [-0.05, 0) is 42.5 Å². The topological polar surface area (TPSA) is 106 Å². The third kappa shape index (κ3) is 3.87. The molecule has 0 spiro atoms. The fraction of sp³-hybridized carbons (Fsp3) is 0.238. The maximum Gasteiger partial charge on any atom is 0.243 e. The number of fused-ring (bicyclic) bond motifs is 1. The zero-order valence-corrected chi connectivity index (χ0v) is 18.5. The number of sulfonamides is 1. The number of hydrogen-bond acceptors (Lipinski definition) is 8. The van der Waals surface area contributed by atoms with Gasteiger partial charge in [-0.15, -0.1) is 5.10 Å². The maximum atomic E-state index is 13.5. The monoisotopic (exact) mass is 469 g/mol. The van der Waals surface area contributed by atoms with Gasteiger partial charge in [-0.3, -0.25) is 0 Å². The van der Waals surface area contributed by atoms with Crippen molar-refractivity contribution in [1.29, 1.82) is 0 Å². The first-order valence-corrected chi connectivity index (χ1v) is 11.6. The van der Waals surface area contributed by atoms with Gasteiger partial charge in [0.1, 0.15) is 17.9 Å². The smallest absolute Gasteiger partial charge is 0.243 e. The largest absolute Gasteiger partial charge is 0.497 e. The van der Waals surface area contributed by atoms with Crippen LogP contribution in [0.2, 0.25) is 0 Å². The fourth-order valence-corrected chi connectivity index (χ4v) is 5.24. The van der Waals surface area contributed by atoms with Gasteiger partial charge in [0.2, 0.25) is 10.0 Å². The Balaban J connectivity index is 1.38. The molecule has 12 heteroatoms. The van der Waals surface area contributed by atoms with Gasteiger partial charge < -0.3 is 9.64 Å². The number of hydrogen-bond donors (Lipinski definition) is 0. The van der Waals surface area contributed by atoms with Crippen LogP contribution in [0.4, 0.5) is 10.2 Å². The van der Waals surface area contributed by atoms with Crippen molar-refractivity contribution >= 4 is 27.0 Å². The van der Waals surface area contributed by atoms with E-state index >= 15 is 0 Å². The molecule has 1 aliphatic heterocycles. The van der Waals surface area contributed by atoms with Crippen LogP contribution in [0.3, 0.4) is 0 Å². The Kier molecular flexibility index (Phi) is 5.38. The highest BCUT2D eigenvalue weighted by Crippen LogP contribution is 2.26. The summed E-state index contributed by atoms with van der Waals surface area (Å²) in [4.78, 5) is 10.6. The molecular weight excluding hydrogens is 449 g/mol. The molecule has 0 amide bonds. The molecule has 1 saturated heterocycles. The normalized spacial score (nSPS) is 15.2. The molecule has 0 radical (unpaired) electrons. The van der Waals surface area contributed by atoms with E-state index in [1.165, 1.54) is 28.8 Å². The van der Waals surface area contributed by atoms with Crippen LogP contribution < -0.4 is 9.64 Å². The molecule has 0 bridgehead atoms. The Morgan fingerprint density at radius 1 is 1.00 bits per heavy atom. The van der Waals surface area contributed by atoms with Gasteiger partial charge in [-0.2, -0.15) is 8.99 Å². The first-order valence-electron chi connectivity index (χ1n) is 10.2. The first kappa shape index (κ1) is 21.2. The predicted molar refractivity (Wildman–Crippen MR) is 118 cm³/mol. The molecule has 0 atom stereocenters.